The summed E-state index contributed by atoms with van der Waals surface area (Å²) in [6, 6.07) is 29.8. The number of ether oxygens (including phenoxy) is 2. The molecule has 23 heteroatoms. The van der Waals surface area contributed by atoms with Gasteiger partial charge in [0, 0.05) is 103 Å². The molecule has 0 spiro atoms. The number of para-hydroxylation sites is 2. The summed E-state index contributed by atoms with van der Waals surface area (Å²) in [5, 5.41) is 5.08. The van der Waals surface area contributed by atoms with Crippen molar-refractivity contribution < 1.29 is 40.5 Å². The summed E-state index contributed by atoms with van der Waals surface area (Å²) in [7, 11) is -2.56. The van der Waals surface area contributed by atoms with E-state index in [0.29, 0.717) is 72.4 Å². The average Bonchev–Trinajstić information content (AvgIpc) is 1.83. The number of carbonyl (C=O) groups excluding carboxylic acids is 2. The lowest BCUT2D eigenvalue weighted by Gasteiger charge is -2.35. The smallest absolute Gasteiger partial charge is 0.386 e. The lowest BCUT2D eigenvalue weighted by molar-refractivity contribution is 0.0691. The number of fused-ring (bicyclic) bond motifs is 8. The second-order valence-electron chi connectivity index (χ2n) is 23.7. The standard InChI is InChI=1S/C31H34FN5O4Si.C17H19BrN2O5Si.C14H15FN2/c1-42(2,3)17-16-40-20-37-28-23-6-4-5-7-26(23)41-31(39)27(28)34-30(37)25(38)19-35-12-14-36(15-13-35)29-24-18-22(32)9-8-21(24)10-11-33-29;1-26(2,3)9-8-23-10-20-14-11-6-4-5-7-12(11)24-16(21)13(14)19-15(20)17(22)25-18;15-12-5-4-11-6-7-16-14(13(11)10-12)17-8-2-1-3-9-17/h4-11,18H,12-17,19-20H2,1-3H3;4-7H,8-10H2,1-3H3;4-7,10H,1-3,8-9H2. The van der Waals surface area contributed by atoms with Gasteiger partial charge < -0.3 is 31.9 Å². The van der Waals surface area contributed by atoms with Gasteiger partial charge in [0.15, 0.2) is 33.1 Å². The average molecular weight is 1260 g/mol. The minimum Gasteiger partial charge on any atom is -0.421 e. The van der Waals surface area contributed by atoms with Gasteiger partial charge in [-0.25, -0.2) is 43.1 Å². The molecule has 6 aromatic heterocycles. The number of nitrogens with zero attached hydrogens (tertiary/aromatic N) is 9. The van der Waals surface area contributed by atoms with E-state index in [4.69, 9.17) is 18.3 Å². The van der Waals surface area contributed by atoms with Gasteiger partial charge in [-0.05, 0) is 103 Å². The van der Waals surface area contributed by atoms with E-state index >= 15 is 0 Å². The fourth-order valence-electron chi connectivity index (χ4n) is 10.5. The van der Waals surface area contributed by atoms with E-state index in [1.54, 1.807) is 51.7 Å². The largest absolute Gasteiger partial charge is 0.421 e. The highest BCUT2D eigenvalue weighted by molar-refractivity contribution is 9.06. The highest BCUT2D eigenvalue weighted by Gasteiger charge is 2.28. The number of imidazole rings is 2. The van der Waals surface area contributed by atoms with E-state index in [9.17, 15) is 28.0 Å². The van der Waals surface area contributed by atoms with Gasteiger partial charge in [0.25, 0.3) is 0 Å². The Kier molecular flexibility index (Phi) is 18.8. The minimum atomic E-state index is -1.31. The van der Waals surface area contributed by atoms with E-state index < -0.39 is 33.4 Å². The Labute approximate surface area is 499 Å². The summed E-state index contributed by atoms with van der Waals surface area (Å²) in [5.74, 6) is 0.457. The number of benzene rings is 4. The van der Waals surface area contributed by atoms with Gasteiger partial charge in [-0.3, -0.25) is 18.8 Å². The molecule has 2 aliphatic heterocycles. The number of carbonyl (C=O) groups is 2. The zero-order valence-electron chi connectivity index (χ0n) is 48.5. The number of ketones is 1. The van der Waals surface area contributed by atoms with E-state index in [-0.39, 0.29) is 60.1 Å². The molecule has 2 saturated heterocycles. The summed E-state index contributed by atoms with van der Waals surface area (Å²) in [6.07, 6.45) is 7.24. The first kappa shape index (κ1) is 60.6. The van der Waals surface area contributed by atoms with Crippen LogP contribution in [0.3, 0.4) is 0 Å². The number of anilines is 2. The lowest BCUT2D eigenvalue weighted by Crippen LogP contribution is -2.48. The normalized spacial score (nSPS) is 14.3. The van der Waals surface area contributed by atoms with Gasteiger partial charge in [0.2, 0.25) is 11.6 Å². The molecule has 0 atom stereocenters. The van der Waals surface area contributed by atoms with Crippen molar-refractivity contribution in [3.05, 3.63) is 154 Å². The van der Waals surface area contributed by atoms with Crippen molar-refractivity contribution in [2.75, 3.05) is 68.8 Å². The molecule has 0 bridgehead atoms. The monoisotopic (exact) mass is 1260 g/mol. The van der Waals surface area contributed by atoms with Crippen LogP contribution in [0, 0.1) is 11.6 Å². The van der Waals surface area contributed by atoms with Crippen molar-refractivity contribution in [1.29, 1.82) is 0 Å². The third-order valence-corrected chi connectivity index (χ3v) is 18.8. The highest BCUT2D eigenvalue weighted by Crippen LogP contribution is 2.31. The summed E-state index contributed by atoms with van der Waals surface area (Å²) in [6.45, 7) is 19.7. The predicted octanol–water partition coefficient (Wildman–Crippen LogP) is 12.4. The van der Waals surface area contributed by atoms with Gasteiger partial charge in [0.1, 0.15) is 47.9 Å². The van der Waals surface area contributed by atoms with Crippen LogP contribution in [0.2, 0.25) is 51.4 Å². The molecule has 18 nitrogen and oxygen atoms in total. The van der Waals surface area contributed by atoms with Gasteiger partial charge >= 0.3 is 17.2 Å². The summed E-state index contributed by atoms with van der Waals surface area (Å²) in [4.78, 5) is 75.1. The molecular weight excluding hydrogens is 1190 g/mol. The summed E-state index contributed by atoms with van der Waals surface area (Å²) >= 11 is 2.68. The maximum absolute atomic E-state index is 14.0. The maximum atomic E-state index is 14.0. The Morgan fingerprint density at radius 1 is 0.576 bits per heavy atom. The number of rotatable bonds is 16. The van der Waals surface area contributed by atoms with Crippen LogP contribution in [0.4, 0.5) is 20.4 Å². The number of halogens is 3. The number of piperazine rings is 1. The lowest BCUT2D eigenvalue weighted by atomic mass is 10.1. The molecule has 0 radical (unpaired) electrons. The molecule has 85 heavy (non-hydrogen) atoms. The predicted molar refractivity (Wildman–Crippen MR) is 337 cm³/mol. The molecule has 444 valence electrons. The first-order chi connectivity index (χ1) is 40.8. The number of piperidine rings is 1. The first-order valence-corrected chi connectivity index (χ1v) is 36.6. The van der Waals surface area contributed by atoms with Crippen molar-refractivity contribution in [1.82, 2.24) is 34.0 Å². The molecule has 0 N–H and O–H groups in total. The Morgan fingerprint density at radius 3 is 1.52 bits per heavy atom. The van der Waals surface area contributed by atoms with Crippen LogP contribution in [-0.4, -0.2) is 121 Å². The van der Waals surface area contributed by atoms with E-state index in [0.717, 1.165) is 58.4 Å². The molecule has 8 heterocycles. The zero-order chi connectivity index (χ0) is 60.0. The third-order valence-electron chi connectivity index (χ3n) is 15.1. The van der Waals surface area contributed by atoms with Crippen LogP contribution in [0.1, 0.15) is 40.5 Å². The quantitative estimate of drug-likeness (QED) is 0.0383. The Hall–Kier alpha value is -7.55. The minimum absolute atomic E-state index is 0.0199. The van der Waals surface area contributed by atoms with Gasteiger partial charge in [-0.2, -0.15) is 0 Å². The molecule has 0 saturated carbocycles. The molecule has 0 aliphatic carbocycles. The van der Waals surface area contributed by atoms with E-state index in [2.05, 4.69) is 94.0 Å². The van der Waals surface area contributed by atoms with Crippen LogP contribution < -0.4 is 21.1 Å². The fourth-order valence-corrected chi connectivity index (χ4v) is 12.2. The second kappa shape index (κ2) is 26.4. The van der Waals surface area contributed by atoms with Gasteiger partial charge in [0.05, 0.1) is 17.6 Å². The Morgan fingerprint density at radius 2 is 1.04 bits per heavy atom. The van der Waals surface area contributed by atoms with Crippen molar-refractivity contribution in [3.8, 4) is 0 Å². The fraction of sp³-hybridized carbons (Fsp3) is 0.355. The molecule has 10 aromatic rings. The highest BCUT2D eigenvalue weighted by atomic mass is 79.9. The molecular formula is C62H68BrF2N9O9Si2. The van der Waals surface area contributed by atoms with Crippen LogP contribution in [0.5, 0.6) is 0 Å². The first-order valence-electron chi connectivity index (χ1n) is 28.5. The van der Waals surface area contributed by atoms with Crippen LogP contribution >= 0.6 is 16.3 Å². The van der Waals surface area contributed by atoms with Crippen LogP contribution in [0.15, 0.2) is 128 Å². The number of pyridine rings is 2. The summed E-state index contributed by atoms with van der Waals surface area (Å²) < 4.78 is 57.9. The molecule has 0 unspecified atom stereocenters. The maximum Gasteiger partial charge on any atom is 0.386 e. The van der Waals surface area contributed by atoms with E-state index in [1.165, 1.54) is 37.5 Å². The van der Waals surface area contributed by atoms with Gasteiger partial charge in [-0.15, -0.1) is 0 Å². The van der Waals surface area contributed by atoms with Crippen molar-refractivity contribution in [2.24, 2.45) is 0 Å². The van der Waals surface area contributed by atoms with Crippen LogP contribution in [-0.2, 0) is 26.8 Å². The molecule has 0 amide bonds. The SMILES string of the molecule is C[Si](C)(C)CCOCn1c(C(=O)CN2CCN(c3nccc4ccc(F)cc34)CC2)nc2c(=O)oc3ccccc3c21.C[Si](C)(C)CCOCn1c(C(=O)OBr)nc2c(=O)oc3ccccc3c21.Fc1ccc2ccnc(N3CCCCC3)c2c1. The zero-order valence-corrected chi connectivity index (χ0v) is 52.1. The van der Waals surface area contributed by atoms with Crippen molar-refractivity contribution in [3.63, 3.8) is 0 Å². The number of Topliss-reactive ketones (excluding diaryl/α,β-unsaturated/α-hetero) is 1. The van der Waals surface area contributed by atoms with Crippen LogP contribution in [0.25, 0.3) is 65.6 Å². The molecule has 2 fully saturated rings. The van der Waals surface area contributed by atoms with Gasteiger partial charge in [-0.1, -0.05) is 75.7 Å². The third kappa shape index (κ3) is 14.3. The van der Waals surface area contributed by atoms with E-state index in [1.807, 2.05) is 48.7 Å². The van der Waals surface area contributed by atoms with Crippen molar-refractivity contribution >= 4 is 121 Å². The number of hydrogen-bond donors (Lipinski definition) is 0. The Balaban J connectivity index is 0.000000158. The molecule has 4 aromatic carbocycles. The Bertz CT molecular complexity index is 4190. The number of aromatic nitrogens is 6. The second-order valence-corrected chi connectivity index (χ2v) is 35.3. The summed E-state index contributed by atoms with van der Waals surface area (Å²) in [5.41, 5.74) is 0.932. The number of hydrogen-bond acceptors (Lipinski definition) is 16. The molecule has 2 aliphatic rings. The molecule has 12 rings (SSSR count). The van der Waals surface area contributed by atoms with Crippen molar-refractivity contribution in [2.45, 2.75) is 84.1 Å². The topological polar surface area (TPSA) is 193 Å².